The Hall–Kier alpha value is -0.310. The van der Waals surface area contributed by atoms with Crippen LogP contribution in [0.2, 0.25) is 0 Å². The quantitative estimate of drug-likeness (QED) is 0.803. The number of nitrogens with one attached hydrogen (secondary N) is 1. The van der Waals surface area contributed by atoms with Gasteiger partial charge in [-0.1, -0.05) is 0 Å². The van der Waals surface area contributed by atoms with Crippen molar-refractivity contribution in [1.82, 2.24) is 4.72 Å². The predicted molar refractivity (Wildman–Crippen MR) is 79.2 cm³/mol. The third-order valence-corrected chi connectivity index (χ3v) is 6.22. The first-order valence-electron chi connectivity index (χ1n) is 5.75. The SMILES string of the molecule is Nc1cc(F)c(Br)cc1S(=O)(=O)NC1CCCSC1. The van der Waals surface area contributed by atoms with Crippen LogP contribution in [0.4, 0.5) is 10.1 Å². The van der Waals surface area contributed by atoms with E-state index < -0.39 is 15.8 Å². The molecule has 1 aromatic rings. The monoisotopic (exact) mass is 368 g/mol. The maximum Gasteiger partial charge on any atom is 0.242 e. The van der Waals surface area contributed by atoms with Crippen molar-refractivity contribution in [1.29, 1.82) is 0 Å². The van der Waals surface area contributed by atoms with Gasteiger partial charge in [0.2, 0.25) is 10.0 Å². The second-order valence-electron chi connectivity index (χ2n) is 4.34. The van der Waals surface area contributed by atoms with Crippen LogP contribution in [0.3, 0.4) is 0 Å². The molecule has 4 nitrogen and oxygen atoms in total. The van der Waals surface area contributed by atoms with Crippen LogP contribution >= 0.6 is 27.7 Å². The highest BCUT2D eigenvalue weighted by atomic mass is 79.9. The summed E-state index contributed by atoms with van der Waals surface area (Å²) in [6.45, 7) is 0. The number of nitrogens with two attached hydrogens (primary N) is 1. The predicted octanol–water partition coefficient (Wildman–Crippen LogP) is 2.34. The third kappa shape index (κ3) is 3.62. The van der Waals surface area contributed by atoms with Crippen LogP contribution in [0.25, 0.3) is 0 Å². The average molecular weight is 369 g/mol. The van der Waals surface area contributed by atoms with Crippen LogP contribution in [0.5, 0.6) is 0 Å². The van der Waals surface area contributed by atoms with E-state index in [1.54, 1.807) is 11.8 Å². The van der Waals surface area contributed by atoms with Crippen molar-refractivity contribution in [2.24, 2.45) is 0 Å². The Morgan fingerprint density at radius 3 is 2.84 bits per heavy atom. The summed E-state index contributed by atoms with van der Waals surface area (Å²) in [7, 11) is -3.71. The topological polar surface area (TPSA) is 72.2 Å². The highest BCUT2D eigenvalue weighted by molar-refractivity contribution is 9.10. The first-order valence-corrected chi connectivity index (χ1v) is 9.18. The van der Waals surface area contributed by atoms with Gasteiger partial charge < -0.3 is 5.73 Å². The summed E-state index contributed by atoms with van der Waals surface area (Å²) in [5, 5.41) is 0. The van der Waals surface area contributed by atoms with Crippen LogP contribution in [0.1, 0.15) is 12.8 Å². The Labute approximate surface area is 124 Å². The molecule has 19 heavy (non-hydrogen) atoms. The van der Waals surface area contributed by atoms with Gasteiger partial charge in [-0.2, -0.15) is 11.8 Å². The molecule has 1 aromatic carbocycles. The van der Waals surface area contributed by atoms with Crippen molar-refractivity contribution in [3.63, 3.8) is 0 Å². The number of nitrogen functional groups attached to an aromatic ring is 1. The number of halogens is 2. The van der Waals surface area contributed by atoms with Crippen LogP contribution in [0.15, 0.2) is 21.5 Å². The van der Waals surface area contributed by atoms with E-state index >= 15 is 0 Å². The van der Waals surface area contributed by atoms with Crippen molar-refractivity contribution in [2.75, 3.05) is 17.2 Å². The molecular formula is C11H14BrFN2O2S2. The number of benzene rings is 1. The Balaban J connectivity index is 2.26. The molecule has 0 amide bonds. The number of hydrogen-bond donors (Lipinski definition) is 2. The molecule has 1 fully saturated rings. The van der Waals surface area contributed by atoms with Gasteiger partial charge in [0.05, 0.1) is 10.2 Å². The van der Waals surface area contributed by atoms with Crippen LogP contribution in [-0.4, -0.2) is 26.0 Å². The molecule has 1 unspecified atom stereocenters. The summed E-state index contributed by atoms with van der Waals surface area (Å²) >= 11 is 4.69. The van der Waals surface area contributed by atoms with Crippen molar-refractivity contribution < 1.29 is 12.8 Å². The highest BCUT2D eigenvalue weighted by Crippen LogP contribution is 2.27. The number of rotatable bonds is 3. The summed E-state index contributed by atoms with van der Waals surface area (Å²) in [5.74, 6) is 1.23. The van der Waals surface area contributed by atoms with Crippen LogP contribution in [-0.2, 0) is 10.0 Å². The zero-order valence-electron chi connectivity index (χ0n) is 10.0. The van der Waals surface area contributed by atoms with E-state index in [9.17, 15) is 12.8 Å². The van der Waals surface area contributed by atoms with E-state index in [4.69, 9.17) is 5.73 Å². The smallest absolute Gasteiger partial charge is 0.242 e. The Bertz CT molecular complexity index is 574. The van der Waals surface area contributed by atoms with E-state index in [0.29, 0.717) is 0 Å². The summed E-state index contributed by atoms with van der Waals surface area (Å²) in [5.41, 5.74) is 5.51. The third-order valence-electron chi connectivity index (χ3n) is 2.82. The van der Waals surface area contributed by atoms with Crippen molar-refractivity contribution in [3.05, 3.63) is 22.4 Å². The molecule has 0 saturated carbocycles. The molecule has 2 rings (SSSR count). The van der Waals surface area contributed by atoms with Crippen LogP contribution in [0, 0.1) is 5.82 Å². The molecule has 0 bridgehead atoms. The first kappa shape index (κ1) is 15.1. The lowest BCUT2D eigenvalue weighted by atomic mass is 10.2. The van der Waals surface area contributed by atoms with E-state index in [-0.39, 0.29) is 21.1 Å². The maximum atomic E-state index is 13.3. The van der Waals surface area contributed by atoms with Gasteiger partial charge >= 0.3 is 0 Å². The van der Waals surface area contributed by atoms with Gasteiger partial charge in [0.15, 0.2) is 0 Å². The summed E-state index contributed by atoms with van der Waals surface area (Å²) in [4.78, 5) is -0.0867. The minimum atomic E-state index is -3.71. The highest BCUT2D eigenvalue weighted by Gasteiger charge is 2.24. The molecule has 0 spiro atoms. The van der Waals surface area contributed by atoms with E-state index in [1.165, 1.54) is 6.07 Å². The standard InChI is InChI=1S/C11H14BrFN2O2S2/c12-8-4-11(10(14)5-9(8)13)19(16,17)15-7-2-1-3-18-6-7/h4-5,7,15H,1-3,6,14H2. The first-order chi connectivity index (χ1) is 8.90. The van der Waals surface area contributed by atoms with Gasteiger partial charge in [-0.25, -0.2) is 17.5 Å². The molecule has 1 aliphatic rings. The maximum absolute atomic E-state index is 13.3. The molecular weight excluding hydrogens is 355 g/mol. The molecule has 1 aliphatic heterocycles. The lowest BCUT2D eigenvalue weighted by molar-refractivity contribution is 0.543. The van der Waals surface area contributed by atoms with Gasteiger partial charge in [0.1, 0.15) is 10.7 Å². The molecule has 0 aromatic heterocycles. The Morgan fingerprint density at radius 2 is 2.21 bits per heavy atom. The molecule has 1 atom stereocenters. The van der Waals surface area contributed by atoms with Gasteiger partial charge in [0, 0.05) is 11.8 Å². The van der Waals surface area contributed by atoms with Gasteiger partial charge in [-0.3, -0.25) is 0 Å². The lowest BCUT2D eigenvalue weighted by Crippen LogP contribution is -2.38. The van der Waals surface area contributed by atoms with Crippen molar-refractivity contribution >= 4 is 43.4 Å². The van der Waals surface area contributed by atoms with Gasteiger partial charge in [-0.05, 0) is 46.7 Å². The number of thioether (sulfide) groups is 1. The normalized spacial score (nSPS) is 20.4. The van der Waals surface area contributed by atoms with Crippen LogP contribution < -0.4 is 10.5 Å². The Kier molecular flexibility index (Phi) is 4.75. The van der Waals surface area contributed by atoms with E-state index in [2.05, 4.69) is 20.7 Å². The number of sulfonamides is 1. The fourth-order valence-corrected chi connectivity index (χ4v) is 4.97. The summed E-state index contributed by atoms with van der Waals surface area (Å²) < 4.78 is 40.5. The molecule has 106 valence electrons. The largest absolute Gasteiger partial charge is 0.398 e. The van der Waals surface area contributed by atoms with Crippen molar-refractivity contribution in [2.45, 2.75) is 23.8 Å². The minimum Gasteiger partial charge on any atom is -0.398 e. The lowest BCUT2D eigenvalue weighted by Gasteiger charge is -2.22. The molecule has 0 radical (unpaired) electrons. The van der Waals surface area contributed by atoms with Crippen molar-refractivity contribution in [3.8, 4) is 0 Å². The van der Waals surface area contributed by atoms with E-state index in [1.807, 2.05) is 0 Å². The number of anilines is 1. The van der Waals surface area contributed by atoms with Gasteiger partial charge in [-0.15, -0.1) is 0 Å². The molecule has 1 heterocycles. The second kappa shape index (κ2) is 5.99. The zero-order valence-corrected chi connectivity index (χ0v) is 13.2. The van der Waals surface area contributed by atoms with E-state index in [0.717, 1.165) is 30.4 Å². The number of hydrogen-bond acceptors (Lipinski definition) is 4. The van der Waals surface area contributed by atoms with Gasteiger partial charge in [0.25, 0.3) is 0 Å². The Morgan fingerprint density at radius 1 is 1.47 bits per heavy atom. The molecule has 3 N–H and O–H groups in total. The zero-order chi connectivity index (χ0) is 14.0. The molecule has 8 heteroatoms. The minimum absolute atomic E-state index is 0.0834. The summed E-state index contributed by atoms with van der Waals surface area (Å²) in [6.07, 6.45) is 1.80. The molecule has 1 saturated heterocycles. The molecule has 0 aliphatic carbocycles. The average Bonchev–Trinajstić information content (AvgIpc) is 2.34. The second-order valence-corrected chi connectivity index (χ2v) is 8.03. The summed E-state index contributed by atoms with van der Waals surface area (Å²) in [6, 6.07) is 2.11. The fourth-order valence-electron chi connectivity index (χ4n) is 1.89. The fraction of sp³-hybridized carbons (Fsp3) is 0.455.